The van der Waals surface area contributed by atoms with Gasteiger partial charge in [-0.3, -0.25) is 0 Å². The highest BCUT2D eigenvalue weighted by Crippen LogP contribution is 2.34. The molecule has 16 heavy (non-hydrogen) atoms. The molecule has 0 amide bonds. The van der Waals surface area contributed by atoms with E-state index in [0.29, 0.717) is 6.04 Å². The Balaban J connectivity index is 1.90. The Labute approximate surface area is 93.6 Å². The van der Waals surface area contributed by atoms with Crippen molar-refractivity contribution in [2.45, 2.75) is 32.4 Å². The number of hydrogen-bond donors (Lipinski definition) is 1. The van der Waals surface area contributed by atoms with E-state index in [1.807, 2.05) is 0 Å². The van der Waals surface area contributed by atoms with E-state index in [2.05, 4.69) is 17.0 Å². The Morgan fingerprint density at radius 1 is 1.25 bits per heavy atom. The minimum atomic E-state index is -2.76. The first-order valence-corrected chi connectivity index (χ1v) is 5.46. The second kappa shape index (κ2) is 4.68. The molecule has 1 N–H and O–H groups in total. The van der Waals surface area contributed by atoms with Gasteiger partial charge in [0.15, 0.2) is 0 Å². The average Bonchev–Trinajstić information content (AvgIpc) is 3.03. The van der Waals surface area contributed by atoms with Gasteiger partial charge >= 0.3 is 6.61 Å². The van der Waals surface area contributed by atoms with E-state index in [-0.39, 0.29) is 5.75 Å². The summed E-state index contributed by atoms with van der Waals surface area (Å²) in [5, 5.41) is 3.34. The second-order valence-electron chi connectivity index (χ2n) is 4.17. The molecule has 1 aliphatic carbocycles. The number of benzene rings is 1. The Kier molecular flexibility index (Phi) is 3.27. The van der Waals surface area contributed by atoms with Crippen LogP contribution in [0, 0.1) is 5.92 Å². The van der Waals surface area contributed by atoms with Gasteiger partial charge in [0.1, 0.15) is 5.75 Å². The molecule has 1 fully saturated rings. The summed E-state index contributed by atoms with van der Waals surface area (Å²) in [5.74, 6) is 0.955. The van der Waals surface area contributed by atoms with Crippen molar-refractivity contribution < 1.29 is 13.5 Å². The number of hydrogen-bond acceptors (Lipinski definition) is 2. The maximum Gasteiger partial charge on any atom is 0.387 e. The van der Waals surface area contributed by atoms with Crippen molar-refractivity contribution in [3.63, 3.8) is 0 Å². The molecule has 1 aliphatic rings. The monoisotopic (exact) mass is 227 g/mol. The molecule has 0 aromatic heterocycles. The first-order chi connectivity index (χ1) is 7.65. The van der Waals surface area contributed by atoms with E-state index < -0.39 is 6.61 Å². The lowest BCUT2D eigenvalue weighted by Crippen LogP contribution is -2.17. The van der Waals surface area contributed by atoms with Crippen molar-refractivity contribution in [1.29, 1.82) is 0 Å². The van der Waals surface area contributed by atoms with Crippen LogP contribution >= 0.6 is 0 Å². The van der Waals surface area contributed by atoms with Gasteiger partial charge in [0.05, 0.1) is 0 Å². The zero-order valence-electron chi connectivity index (χ0n) is 9.12. The molecule has 0 heterocycles. The molecule has 4 heteroatoms. The first kappa shape index (κ1) is 11.2. The predicted octanol–water partition coefficient (Wildman–Crippen LogP) is 3.50. The molecule has 0 aliphatic heterocycles. The molecule has 1 aromatic rings. The molecule has 1 aromatic carbocycles. The molecule has 0 radical (unpaired) electrons. The van der Waals surface area contributed by atoms with Crippen molar-refractivity contribution in [3.8, 4) is 5.75 Å². The fourth-order valence-electron chi connectivity index (χ4n) is 1.71. The van der Waals surface area contributed by atoms with Gasteiger partial charge in [0, 0.05) is 11.7 Å². The van der Waals surface area contributed by atoms with Crippen LogP contribution in [0.2, 0.25) is 0 Å². The third-order valence-electron chi connectivity index (χ3n) is 2.80. The molecule has 0 spiro atoms. The van der Waals surface area contributed by atoms with Gasteiger partial charge in [-0.25, -0.2) is 0 Å². The normalized spacial score (nSPS) is 17.2. The summed E-state index contributed by atoms with van der Waals surface area (Å²) in [6.07, 6.45) is 2.56. The quantitative estimate of drug-likeness (QED) is 0.831. The number of anilines is 1. The number of alkyl halides is 2. The van der Waals surface area contributed by atoms with Crippen molar-refractivity contribution in [2.24, 2.45) is 5.92 Å². The molecule has 1 unspecified atom stereocenters. The summed E-state index contributed by atoms with van der Waals surface area (Å²) in [6, 6.07) is 7.07. The van der Waals surface area contributed by atoms with Gasteiger partial charge < -0.3 is 10.1 Å². The lowest BCUT2D eigenvalue weighted by Gasteiger charge is -2.14. The lowest BCUT2D eigenvalue weighted by atomic mass is 10.2. The van der Waals surface area contributed by atoms with E-state index in [1.165, 1.54) is 12.8 Å². The van der Waals surface area contributed by atoms with Gasteiger partial charge in [0.25, 0.3) is 0 Å². The summed E-state index contributed by atoms with van der Waals surface area (Å²) < 4.78 is 28.1. The third-order valence-corrected chi connectivity index (χ3v) is 2.80. The third kappa shape index (κ3) is 3.08. The highest BCUT2D eigenvalue weighted by molar-refractivity contribution is 5.47. The summed E-state index contributed by atoms with van der Waals surface area (Å²) in [7, 11) is 0. The average molecular weight is 227 g/mol. The van der Waals surface area contributed by atoms with E-state index >= 15 is 0 Å². The molecule has 1 atom stereocenters. The molecular formula is C12H15F2NO. The van der Waals surface area contributed by atoms with Gasteiger partial charge in [-0.1, -0.05) is 0 Å². The SMILES string of the molecule is CC(Nc1ccc(OC(F)F)cc1)C1CC1. The summed E-state index contributed by atoms with van der Waals surface area (Å²) in [4.78, 5) is 0. The van der Waals surface area contributed by atoms with Crippen LogP contribution in [0.25, 0.3) is 0 Å². The van der Waals surface area contributed by atoms with E-state index in [1.54, 1.807) is 24.3 Å². The zero-order valence-corrected chi connectivity index (χ0v) is 9.12. The summed E-state index contributed by atoms with van der Waals surface area (Å²) in [6.45, 7) is -0.620. The van der Waals surface area contributed by atoms with Crippen LogP contribution in [0.4, 0.5) is 14.5 Å². The number of rotatable bonds is 5. The Morgan fingerprint density at radius 3 is 2.38 bits per heavy atom. The van der Waals surface area contributed by atoms with Crippen LogP contribution in [0.5, 0.6) is 5.75 Å². The Morgan fingerprint density at radius 2 is 1.88 bits per heavy atom. The molecule has 0 saturated heterocycles. The van der Waals surface area contributed by atoms with Crippen LogP contribution in [-0.2, 0) is 0 Å². The van der Waals surface area contributed by atoms with E-state index in [4.69, 9.17) is 0 Å². The number of halogens is 2. The van der Waals surface area contributed by atoms with Gasteiger partial charge in [-0.05, 0) is 49.9 Å². The zero-order chi connectivity index (χ0) is 11.5. The standard InChI is InChI=1S/C12H15F2NO/c1-8(9-2-3-9)15-10-4-6-11(7-5-10)16-12(13)14/h4-9,12,15H,2-3H2,1H3. The molecule has 1 saturated carbocycles. The maximum absolute atomic E-state index is 11.9. The number of ether oxygens (including phenoxy) is 1. The van der Waals surface area contributed by atoms with Crippen molar-refractivity contribution in [1.82, 2.24) is 0 Å². The topological polar surface area (TPSA) is 21.3 Å². The fraction of sp³-hybridized carbons (Fsp3) is 0.500. The van der Waals surface area contributed by atoms with Crippen LogP contribution in [0.15, 0.2) is 24.3 Å². The smallest absolute Gasteiger partial charge is 0.387 e. The van der Waals surface area contributed by atoms with Crippen LogP contribution in [0.1, 0.15) is 19.8 Å². The van der Waals surface area contributed by atoms with Crippen LogP contribution < -0.4 is 10.1 Å². The van der Waals surface area contributed by atoms with E-state index in [0.717, 1.165) is 11.6 Å². The molecule has 0 bridgehead atoms. The highest BCUT2D eigenvalue weighted by Gasteiger charge is 2.27. The van der Waals surface area contributed by atoms with Gasteiger partial charge in [-0.2, -0.15) is 8.78 Å². The summed E-state index contributed by atoms with van der Waals surface area (Å²) >= 11 is 0. The van der Waals surface area contributed by atoms with Crippen LogP contribution in [-0.4, -0.2) is 12.7 Å². The fourth-order valence-corrected chi connectivity index (χ4v) is 1.71. The Bertz CT molecular complexity index is 335. The highest BCUT2D eigenvalue weighted by atomic mass is 19.3. The van der Waals surface area contributed by atoms with Crippen molar-refractivity contribution in [2.75, 3.05) is 5.32 Å². The summed E-state index contributed by atoms with van der Waals surface area (Å²) in [5.41, 5.74) is 0.945. The largest absolute Gasteiger partial charge is 0.435 e. The van der Waals surface area contributed by atoms with Gasteiger partial charge in [-0.15, -0.1) is 0 Å². The minimum Gasteiger partial charge on any atom is -0.435 e. The molecule has 2 rings (SSSR count). The number of nitrogens with one attached hydrogen (secondary N) is 1. The Hall–Kier alpha value is -1.32. The molecular weight excluding hydrogens is 212 g/mol. The first-order valence-electron chi connectivity index (χ1n) is 5.46. The van der Waals surface area contributed by atoms with Crippen LogP contribution in [0.3, 0.4) is 0 Å². The predicted molar refractivity (Wildman–Crippen MR) is 58.9 cm³/mol. The van der Waals surface area contributed by atoms with Crippen molar-refractivity contribution >= 4 is 5.69 Å². The van der Waals surface area contributed by atoms with Crippen molar-refractivity contribution in [3.05, 3.63) is 24.3 Å². The van der Waals surface area contributed by atoms with Gasteiger partial charge in [0.2, 0.25) is 0 Å². The lowest BCUT2D eigenvalue weighted by molar-refractivity contribution is -0.0498. The molecule has 88 valence electrons. The minimum absolute atomic E-state index is 0.194. The maximum atomic E-state index is 11.9. The second-order valence-corrected chi connectivity index (χ2v) is 4.17. The molecule has 2 nitrogen and oxygen atoms in total. The van der Waals surface area contributed by atoms with E-state index in [9.17, 15) is 8.78 Å².